The molecule has 0 unspecified atom stereocenters. The van der Waals surface area contributed by atoms with Crippen LogP contribution in [0.15, 0.2) is 18.2 Å². The van der Waals surface area contributed by atoms with Crippen LogP contribution < -0.4 is 10.6 Å². The smallest absolute Gasteiger partial charge is 0.0399 e. The van der Waals surface area contributed by atoms with Gasteiger partial charge < -0.3 is 10.6 Å². The molecule has 1 aliphatic heterocycles. The molecular formula is C15H22N2. The van der Waals surface area contributed by atoms with Crippen molar-refractivity contribution in [1.82, 2.24) is 0 Å². The molecule has 1 saturated carbocycles. The second-order valence-electron chi connectivity index (χ2n) is 5.49. The Balaban J connectivity index is 1.90. The van der Waals surface area contributed by atoms with Crippen LogP contribution in [0.4, 0.5) is 5.69 Å². The fourth-order valence-corrected chi connectivity index (χ4v) is 3.24. The molecule has 1 aromatic carbocycles. The molecule has 1 fully saturated rings. The summed E-state index contributed by atoms with van der Waals surface area (Å²) < 4.78 is 0. The Hall–Kier alpha value is -1.02. The molecule has 2 aliphatic rings. The van der Waals surface area contributed by atoms with E-state index in [0.717, 1.165) is 19.5 Å². The molecule has 1 aromatic rings. The number of fused-ring (bicyclic) bond motifs is 1. The van der Waals surface area contributed by atoms with Gasteiger partial charge in [-0.05, 0) is 61.8 Å². The topological polar surface area (TPSA) is 29.3 Å². The number of hydrogen-bond donors (Lipinski definition) is 1. The first kappa shape index (κ1) is 11.1. The lowest BCUT2D eigenvalue weighted by Crippen LogP contribution is -2.19. The van der Waals surface area contributed by atoms with E-state index >= 15 is 0 Å². The SMILES string of the molecule is CCN1CCc2cc(C3(CCN)CC3)ccc21. The summed E-state index contributed by atoms with van der Waals surface area (Å²) in [4.78, 5) is 2.47. The van der Waals surface area contributed by atoms with E-state index in [1.54, 1.807) is 11.1 Å². The van der Waals surface area contributed by atoms with Crippen LogP contribution in [0, 0.1) is 0 Å². The predicted molar refractivity (Wildman–Crippen MR) is 72.6 cm³/mol. The van der Waals surface area contributed by atoms with Gasteiger partial charge in [-0.15, -0.1) is 0 Å². The Labute approximate surface area is 104 Å². The number of likely N-dealkylation sites (N-methyl/N-ethyl adjacent to an activating group) is 1. The number of anilines is 1. The van der Waals surface area contributed by atoms with Crippen LogP contribution in [-0.2, 0) is 11.8 Å². The maximum absolute atomic E-state index is 5.74. The van der Waals surface area contributed by atoms with Gasteiger partial charge in [0, 0.05) is 18.8 Å². The molecule has 0 radical (unpaired) electrons. The van der Waals surface area contributed by atoms with E-state index in [2.05, 4.69) is 30.0 Å². The largest absolute Gasteiger partial charge is 0.371 e. The molecule has 0 bridgehead atoms. The number of hydrogen-bond acceptors (Lipinski definition) is 2. The summed E-state index contributed by atoms with van der Waals surface area (Å²) in [6.07, 6.45) is 5.04. The quantitative estimate of drug-likeness (QED) is 0.861. The molecule has 0 aromatic heterocycles. The van der Waals surface area contributed by atoms with Gasteiger partial charge in [-0.3, -0.25) is 0 Å². The molecule has 0 amide bonds. The van der Waals surface area contributed by atoms with Gasteiger partial charge in [0.1, 0.15) is 0 Å². The third-order valence-electron chi connectivity index (χ3n) is 4.54. The third-order valence-corrected chi connectivity index (χ3v) is 4.54. The van der Waals surface area contributed by atoms with Crippen LogP contribution in [0.5, 0.6) is 0 Å². The summed E-state index contributed by atoms with van der Waals surface area (Å²) in [5.74, 6) is 0. The van der Waals surface area contributed by atoms with E-state index in [1.165, 1.54) is 31.5 Å². The molecule has 3 rings (SSSR count). The molecule has 2 heteroatoms. The molecule has 2 N–H and O–H groups in total. The highest BCUT2D eigenvalue weighted by atomic mass is 15.1. The number of benzene rings is 1. The van der Waals surface area contributed by atoms with Crippen LogP contribution in [0.3, 0.4) is 0 Å². The molecule has 92 valence electrons. The molecule has 2 nitrogen and oxygen atoms in total. The normalized spacial score (nSPS) is 20.5. The second kappa shape index (κ2) is 4.02. The molecule has 0 saturated heterocycles. The standard InChI is InChI=1S/C15H22N2/c1-2-17-10-5-12-11-13(3-4-14(12)17)15(6-7-15)8-9-16/h3-4,11H,2,5-10,16H2,1H3. The van der Waals surface area contributed by atoms with Crippen molar-refractivity contribution >= 4 is 5.69 Å². The van der Waals surface area contributed by atoms with Crippen molar-refractivity contribution in [3.63, 3.8) is 0 Å². The minimum absolute atomic E-state index is 0.448. The van der Waals surface area contributed by atoms with Crippen LogP contribution in [0.1, 0.15) is 37.3 Å². The Morgan fingerprint density at radius 3 is 2.82 bits per heavy atom. The first-order valence-corrected chi connectivity index (χ1v) is 6.87. The van der Waals surface area contributed by atoms with Crippen LogP contribution in [0.25, 0.3) is 0 Å². The van der Waals surface area contributed by atoms with Crippen molar-refractivity contribution in [2.24, 2.45) is 5.73 Å². The lowest BCUT2D eigenvalue weighted by atomic mass is 9.90. The second-order valence-corrected chi connectivity index (χ2v) is 5.49. The number of nitrogens with two attached hydrogens (primary N) is 1. The summed E-state index contributed by atoms with van der Waals surface area (Å²) >= 11 is 0. The van der Waals surface area contributed by atoms with Crippen molar-refractivity contribution in [3.8, 4) is 0 Å². The van der Waals surface area contributed by atoms with Crippen molar-refractivity contribution in [2.45, 2.75) is 38.0 Å². The summed E-state index contributed by atoms with van der Waals surface area (Å²) in [5.41, 5.74) is 10.7. The van der Waals surface area contributed by atoms with E-state index < -0.39 is 0 Å². The molecular weight excluding hydrogens is 208 g/mol. The van der Waals surface area contributed by atoms with Gasteiger partial charge in [-0.25, -0.2) is 0 Å². The average Bonchev–Trinajstić information content (AvgIpc) is 3.02. The van der Waals surface area contributed by atoms with Gasteiger partial charge in [0.2, 0.25) is 0 Å². The maximum Gasteiger partial charge on any atom is 0.0399 e. The molecule has 17 heavy (non-hydrogen) atoms. The highest BCUT2D eigenvalue weighted by molar-refractivity contribution is 5.60. The number of nitrogens with zero attached hydrogens (tertiary/aromatic N) is 1. The lowest BCUT2D eigenvalue weighted by molar-refractivity contribution is 0.628. The number of rotatable bonds is 4. The van der Waals surface area contributed by atoms with Crippen molar-refractivity contribution in [1.29, 1.82) is 0 Å². The Kier molecular flexibility index (Phi) is 2.62. The fraction of sp³-hybridized carbons (Fsp3) is 0.600. The lowest BCUT2D eigenvalue weighted by Gasteiger charge is -2.19. The van der Waals surface area contributed by atoms with E-state index in [0.29, 0.717) is 5.41 Å². The minimum atomic E-state index is 0.448. The van der Waals surface area contributed by atoms with Crippen molar-refractivity contribution in [2.75, 3.05) is 24.5 Å². The highest BCUT2D eigenvalue weighted by Crippen LogP contribution is 2.51. The van der Waals surface area contributed by atoms with Gasteiger partial charge in [0.05, 0.1) is 0 Å². The monoisotopic (exact) mass is 230 g/mol. The summed E-state index contributed by atoms with van der Waals surface area (Å²) in [7, 11) is 0. The van der Waals surface area contributed by atoms with Crippen molar-refractivity contribution in [3.05, 3.63) is 29.3 Å². The molecule has 1 aliphatic carbocycles. The van der Waals surface area contributed by atoms with Gasteiger partial charge in [-0.1, -0.05) is 12.1 Å². The van der Waals surface area contributed by atoms with Crippen molar-refractivity contribution < 1.29 is 0 Å². The van der Waals surface area contributed by atoms with Gasteiger partial charge in [-0.2, -0.15) is 0 Å². The first-order valence-electron chi connectivity index (χ1n) is 6.87. The van der Waals surface area contributed by atoms with Crippen LogP contribution in [0.2, 0.25) is 0 Å². The zero-order chi connectivity index (χ0) is 11.9. The van der Waals surface area contributed by atoms with E-state index in [-0.39, 0.29) is 0 Å². The maximum atomic E-state index is 5.74. The Morgan fingerprint density at radius 2 is 2.18 bits per heavy atom. The zero-order valence-electron chi connectivity index (χ0n) is 10.7. The average molecular weight is 230 g/mol. The van der Waals surface area contributed by atoms with Crippen LogP contribution in [-0.4, -0.2) is 19.6 Å². The summed E-state index contributed by atoms with van der Waals surface area (Å²) in [6, 6.07) is 7.13. The first-order chi connectivity index (χ1) is 8.29. The highest BCUT2D eigenvalue weighted by Gasteiger charge is 2.43. The van der Waals surface area contributed by atoms with E-state index in [1.807, 2.05) is 0 Å². The van der Waals surface area contributed by atoms with Gasteiger partial charge in [0.15, 0.2) is 0 Å². The Bertz CT molecular complexity index is 421. The molecule has 0 spiro atoms. The summed E-state index contributed by atoms with van der Waals surface area (Å²) in [6.45, 7) is 5.37. The zero-order valence-corrected chi connectivity index (χ0v) is 10.7. The molecule has 1 heterocycles. The summed E-state index contributed by atoms with van der Waals surface area (Å²) in [5, 5.41) is 0. The molecule has 0 atom stereocenters. The van der Waals surface area contributed by atoms with Crippen LogP contribution >= 0.6 is 0 Å². The van der Waals surface area contributed by atoms with E-state index in [9.17, 15) is 0 Å². The third kappa shape index (κ3) is 1.75. The van der Waals surface area contributed by atoms with Gasteiger partial charge >= 0.3 is 0 Å². The minimum Gasteiger partial charge on any atom is -0.371 e. The van der Waals surface area contributed by atoms with Gasteiger partial charge in [0.25, 0.3) is 0 Å². The fourth-order valence-electron chi connectivity index (χ4n) is 3.24. The van der Waals surface area contributed by atoms with E-state index in [4.69, 9.17) is 5.73 Å². The predicted octanol–water partition coefficient (Wildman–Crippen LogP) is 2.45. The Morgan fingerprint density at radius 1 is 1.35 bits per heavy atom.